The first-order valence-electron chi connectivity index (χ1n) is 11.0. The molecule has 8 nitrogen and oxygen atoms in total. The SMILES string of the molecule is CCOc1ccc(-n2c(SC(C)c3nc(C4CC4)no3)nnc2-c2ccc(OC)cc2)cc1. The lowest BCUT2D eigenvalue weighted by Gasteiger charge is -2.13. The van der Waals surface area contributed by atoms with Gasteiger partial charge in [-0.25, -0.2) is 0 Å². The summed E-state index contributed by atoms with van der Waals surface area (Å²) in [6, 6.07) is 15.7. The summed E-state index contributed by atoms with van der Waals surface area (Å²) in [5.41, 5.74) is 1.87. The van der Waals surface area contributed by atoms with Gasteiger partial charge in [-0.3, -0.25) is 4.57 Å². The van der Waals surface area contributed by atoms with Crippen LogP contribution in [0.5, 0.6) is 11.5 Å². The Kier molecular flexibility index (Phi) is 6.04. The Balaban J connectivity index is 1.49. The quantitative estimate of drug-likeness (QED) is 0.303. The number of nitrogens with zero attached hydrogens (tertiary/aromatic N) is 5. The predicted molar refractivity (Wildman–Crippen MR) is 125 cm³/mol. The lowest BCUT2D eigenvalue weighted by atomic mass is 10.2. The van der Waals surface area contributed by atoms with Crippen LogP contribution in [-0.2, 0) is 0 Å². The molecule has 170 valence electrons. The average Bonchev–Trinajstić information content (AvgIpc) is 3.42. The molecular formula is C24H25N5O3S. The maximum Gasteiger partial charge on any atom is 0.239 e. The van der Waals surface area contributed by atoms with Crippen LogP contribution in [0.15, 0.2) is 58.2 Å². The predicted octanol–water partition coefficient (Wildman–Crippen LogP) is 5.46. The van der Waals surface area contributed by atoms with E-state index in [0.717, 1.165) is 52.4 Å². The van der Waals surface area contributed by atoms with Crippen LogP contribution in [0.2, 0.25) is 0 Å². The van der Waals surface area contributed by atoms with Gasteiger partial charge >= 0.3 is 0 Å². The van der Waals surface area contributed by atoms with Crippen LogP contribution in [-0.4, -0.2) is 38.6 Å². The molecule has 33 heavy (non-hydrogen) atoms. The second kappa shape index (κ2) is 9.27. The monoisotopic (exact) mass is 463 g/mol. The molecule has 9 heteroatoms. The molecule has 0 bridgehead atoms. The Morgan fingerprint density at radius 3 is 2.45 bits per heavy atom. The molecule has 0 spiro atoms. The van der Waals surface area contributed by atoms with E-state index in [0.29, 0.717) is 18.4 Å². The Morgan fingerprint density at radius 1 is 1.06 bits per heavy atom. The molecule has 2 heterocycles. The third-order valence-corrected chi connectivity index (χ3v) is 6.45. The van der Waals surface area contributed by atoms with Crippen LogP contribution in [0, 0.1) is 0 Å². The van der Waals surface area contributed by atoms with Crippen LogP contribution in [0.4, 0.5) is 0 Å². The second-order valence-electron chi connectivity index (χ2n) is 7.82. The number of methoxy groups -OCH3 is 1. The van der Waals surface area contributed by atoms with E-state index in [1.54, 1.807) is 7.11 Å². The molecule has 1 fully saturated rings. The first-order valence-corrected chi connectivity index (χ1v) is 11.9. The second-order valence-corrected chi connectivity index (χ2v) is 9.13. The van der Waals surface area contributed by atoms with Gasteiger partial charge in [0.25, 0.3) is 0 Å². The van der Waals surface area contributed by atoms with Crippen molar-refractivity contribution < 1.29 is 14.0 Å². The van der Waals surface area contributed by atoms with E-state index in [2.05, 4.69) is 20.3 Å². The largest absolute Gasteiger partial charge is 0.497 e. The maximum absolute atomic E-state index is 5.61. The summed E-state index contributed by atoms with van der Waals surface area (Å²) in [6.07, 6.45) is 2.27. The summed E-state index contributed by atoms with van der Waals surface area (Å²) in [5, 5.41) is 13.9. The van der Waals surface area contributed by atoms with Crippen LogP contribution in [0.1, 0.15) is 49.6 Å². The minimum Gasteiger partial charge on any atom is -0.497 e. The molecule has 0 saturated heterocycles. The molecule has 1 aliphatic carbocycles. The minimum absolute atomic E-state index is 0.0700. The Labute approximate surface area is 196 Å². The van der Waals surface area contributed by atoms with Crippen LogP contribution in [0.25, 0.3) is 17.1 Å². The third kappa shape index (κ3) is 4.59. The molecule has 0 amide bonds. The van der Waals surface area contributed by atoms with Crippen LogP contribution >= 0.6 is 11.8 Å². The van der Waals surface area contributed by atoms with Gasteiger partial charge in [-0.2, -0.15) is 4.98 Å². The van der Waals surface area contributed by atoms with Crippen molar-refractivity contribution in [2.24, 2.45) is 0 Å². The molecule has 1 unspecified atom stereocenters. The van der Waals surface area contributed by atoms with Gasteiger partial charge in [0.2, 0.25) is 5.89 Å². The number of thioether (sulfide) groups is 1. The number of aromatic nitrogens is 5. The summed E-state index contributed by atoms with van der Waals surface area (Å²) < 4.78 is 18.5. The fraction of sp³-hybridized carbons (Fsp3) is 0.333. The number of ether oxygens (including phenoxy) is 2. The van der Waals surface area contributed by atoms with Gasteiger partial charge < -0.3 is 14.0 Å². The van der Waals surface area contributed by atoms with Crippen molar-refractivity contribution >= 4 is 11.8 Å². The van der Waals surface area contributed by atoms with Crippen LogP contribution < -0.4 is 9.47 Å². The van der Waals surface area contributed by atoms with E-state index >= 15 is 0 Å². The third-order valence-electron chi connectivity index (χ3n) is 5.42. The smallest absolute Gasteiger partial charge is 0.239 e. The summed E-state index contributed by atoms with van der Waals surface area (Å²) >= 11 is 1.54. The molecule has 4 aromatic rings. The zero-order valence-corrected chi connectivity index (χ0v) is 19.6. The summed E-state index contributed by atoms with van der Waals surface area (Å²) in [6.45, 7) is 4.63. The summed E-state index contributed by atoms with van der Waals surface area (Å²) in [5.74, 6) is 4.21. The Hall–Kier alpha value is -3.33. The van der Waals surface area contributed by atoms with Crippen molar-refractivity contribution in [3.63, 3.8) is 0 Å². The first-order chi connectivity index (χ1) is 16.2. The van der Waals surface area contributed by atoms with E-state index in [4.69, 9.17) is 14.0 Å². The summed E-state index contributed by atoms with van der Waals surface area (Å²) in [4.78, 5) is 4.60. The molecule has 1 atom stereocenters. The van der Waals surface area contributed by atoms with Gasteiger partial charge in [0.05, 0.1) is 19.0 Å². The number of hydrogen-bond donors (Lipinski definition) is 0. The lowest BCUT2D eigenvalue weighted by molar-refractivity contribution is 0.340. The number of hydrogen-bond acceptors (Lipinski definition) is 8. The van der Waals surface area contributed by atoms with E-state index in [-0.39, 0.29) is 5.25 Å². The molecule has 0 radical (unpaired) electrons. The number of benzene rings is 2. The lowest BCUT2D eigenvalue weighted by Crippen LogP contribution is -2.01. The highest BCUT2D eigenvalue weighted by molar-refractivity contribution is 7.99. The maximum atomic E-state index is 5.61. The number of rotatable bonds is 9. The topological polar surface area (TPSA) is 88.1 Å². The molecule has 2 aromatic carbocycles. The van der Waals surface area contributed by atoms with Gasteiger partial charge in [-0.15, -0.1) is 10.2 Å². The first kappa shape index (κ1) is 21.5. The van der Waals surface area contributed by atoms with Crippen LogP contribution in [0.3, 0.4) is 0 Å². The molecular weight excluding hydrogens is 438 g/mol. The summed E-state index contributed by atoms with van der Waals surface area (Å²) in [7, 11) is 1.65. The van der Waals surface area contributed by atoms with E-state index in [9.17, 15) is 0 Å². The van der Waals surface area contributed by atoms with Crippen molar-refractivity contribution in [2.45, 2.75) is 43.0 Å². The molecule has 5 rings (SSSR count). The van der Waals surface area contributed by atoms with Gasteiger partial charge in [0, 0.05) is 17.2 Å². The highest BCUT2D eigenvalue weighted by Gasteiger charge is 2.30. The fourth-order valence-corrected chi connectivity index (χ4v) is 4.39. The van der Waals surface area contributed by atoms with Gasteiger partial charge in [-0.1, -0.05) is 16.9 Å². The van der Waals surface area contributed by atoms with E-state index in [1.165, 1.54) is 11.8 Å². The van der Waals surface area contributed by atoms with Crippen molar-refractivity contribution in [3.8, 4) is 28.6 Å². The minimum atomic E-state index is -0.0700. The highest BCUT2D eigenvalue weighted by Crippen LogP contribution is 2.41. The normalized spacial score (nSPS) is 14.3. The molecule has 1 saturated carbocycles. The molecule has 0 N–H and O–H groups in total. The average molecular weight is 464 g/mol. The molecule has 1 aliphatic rings. The Bertz CT molecular complexity index is 1220. The van der Waals surface area contributed by atoms with Crippen molar-refractivity contribution in [1.82, 2.24) is 24.9 Å². The zero-order chi connectivity index (χ0) is 22.8. The van der Waals surface area contributed by atoms with Gasteiger partial charge in [-0.05, 0) is 75.2 Å². The standard InChI is InChI=1S/C24H25N5O3S/c1-4-31-20-13-9-18(10-14-20)29-22(17-7-11-19(30-3)12-8-17)26-27-24(29)33-15(2)23-25-21(28-32-23)16-5-6-16/h7-16H,4-6H2,1-3H3. The molecule has 2 aromatic heterocycles. The molecule has 0 aliphatic heterocycles. The van der Waals surface area contributed by atoms with Crippen molar-refractivity contribution in [3.05, 3.63) is 60.2 Å². The van der Waals surface area contributed by atoms with Crippen molar-refractivity contribution in [1.29, 1.82) is 0 Å². The van der Waals surface area contributed by atoms with Crippen molar-refractivity contribution in [2.75, 3.05) is 13.7 Å². The van der Waals surface area contributed by atoms with Gasteiger partial charge in [0.1, 0.15) is 11.5 Å². The fourth-order valence-electron chi connectivity index (χ4n) is 3.49. The van der Waals surface area contributed by atoms with Gasteiger partial charge in [0.15, 0.2) is 16.8 Å². The highest BCUT2D eigenvalue weighted by atomic mass is 32.2. The van der Waals surface area contributed by atoms with E-state index in [1.807, 2.05) is 66.9 Å². The Morgan fingerprint density at radius 2 is 1.79 bits per heavy atom. The van der Waals surface area contributed by atoms with E-state index < -0.39 is 0 Å². The zero-order valence-electron chi connectivity index (χ0n) is 18.8.